The summed E-state index contributed by atoms with van der Waals surface area (Å²) in [6, 6.07) is 0. The van der Waals surface area contributed by atoms with Crippen LogP contribution in [0.4, 0.5) is 0 Å². The van der Waals surface area contributed by atoms with Gasteiger partial charge in [-0.25, -0.2) is 0 Å². The van der Waals surface area contributed by atoms with Crippen LogP contribution in [-0.2, 0) is 0 Å². The molecule has 1 aromatic rings. The van der Waals surface area contributed by atoms with Crippen molar-refractivity contribution in [2.45, 2.75) is 38.5 Å². The smallest absolute Gasteiger partial charge is 0.0858 e. The first-order chi connectivity index (χ1) is 5.88. The molecule has 2 atom stereocenters. The van der Waals surface area contributed by atoms with E-state index >= 15 is 0 Å². The second kappa shape index (κ2) is 3.25. The highest BCUT2D eigenvalue weighted by Gasteiger charge is 2.24. The van der Waals surface area contributed by atoms with Gasteiger partial charge in [0.15, 0.2) is 0 Å². The maximum Gasteiger partial charge on any atom is 0.0858 e. The second-order valence-electron chi connectivity index (χ2n) is 3.76. The van der Waals surface area contributed by atoms with Gasteiger partial charge in [0.2, 0.25) is 0 Å². The van der Waals surface area contributed by atoms with E-state index in [9.17, 15) is 0 Å². The number of aromatic amines is 1. The van der Waals surface area contributed by atoms with Gasteiger partial charge in [-0.05, 0) is 12.3 Å². The van der Waals surface area contributed by atoms with Crippen molar-refractivity contribution in [3.63, 3.8) is 0 Å². The number of hydrogen-bond donors (Lipinski definition) is 1. The van der Waals surface area contributed by atoms with Gasteiger partial charge in [0.1, 0.15) is 0 Å². The molecule has 66 valence electrons. The molecular formula is C9H15N3. The Morgan fingerprint density at radius 2 is 2.25 bits per heavy atom. The first kappa shape index (κ1) is 7.77. The van der Waals surface area contributed by atoms with Gasteiger partial charge in [0.05, 0.1) is 11.9 Å². The molecule has 12 heavy (non-hydrogen) atoms. The average molecular weight is 165 g/mol. The SMILES string of the molecule is C[C@@H]1CCCC[C@@H]1c1cn[nH]n1. The highest BCUT2D eigenvalue weighted by atomic mass is 15.3. The number of H-pyrrole nitrogens is 1. The summed E-state index contributed by atoms with van der Waals surface area (Å²) in [7, 11) is 0. The first-order valence-corrected chi connectivity index (χ1v) is 4.73. The summed E-state index contributed by atoms with van der Waals surface area (Å²) in [6.07, 6.45) is 7.23. The molecule has 0 aromatic carbocycles. The summed E-state index contributed by atoms with van der Waals surface area (Å²) < 4.78 is 0. The minimum Gasteiger partial charge on any atom is -0.198 e. The predicted molar refractivity (Wildman–Crippen MR) is 46.8 cm³/mol. The molecule has 0 amide bonds. The Kier molecular flexibility index (Phi) is 2.11. The number of nitrogens with one attached hydrogen (secondary N) is 1. The molecule has 1 aliphatic rings. The average Bonchev–Trinajstić information content (AvgIpc) is 2.57. The van der Waals surface area contributed by atoms with Crippen LogP contribution in [0.1, 0.15) is 44.2 Å². The molecule has 0 spiro atoms. The monoisotopic (exact) mass is 165 g/mol. The zero-order chi connectivity index (χ0) is 8.39. The van der Waals surface area contributed by atoms with Crippen LogP contribution in [-0.4, -0.2) is 15.4 Å². The zero-order valence-corrected chi connectivity index (χ0v) is 7.45. The molecule has 3 nitrogen and oxygen atoms in total. The number of rotatable bonds is 1. The lowest BCUT2D eigenvalue weighted by Crippen LogP contribution is -2.15. The van der Waals surface area contributed by atoms with Crippen LogP contribution < -0.4 is 0 Å². The molecule has 1 N–H and O–H groups in total. The van der Waals surface area contributed by atoms with Crippen molar-refractivity contribution >= 4 is 0 Å². The van der Waals surface area contributed by atoms with E-state index in [1.165, 1.54) is 25.7 Å². The van der Waals surface area contributed by atoms with Gasteiger partial charge < -0.3 is 0 Å². The quantitative estimate of drug-likeness (QED) is 0.692. The lowest BCUT2D eigenvalue weighted by molar-refractivity contribution is 0.325. The molecule has 2 rings (SSSR count). The van der Waals surface area contributed by atoms with Gasteiger partial charge in [-0.15, -0.1) is 0 Å². The summed E-state index contributed by atoms with van der Waals surface area (Å²) in [6.45, 7) is 2.32. The Bertz CT molecular complexity index is 230. The van der Waals surface area contributed by atoms with Crippen molar-refractivity contribution in [1.29, 1.82) is 0 Å². The minimum absolute atomic E-state index is 0.650. The van der Waals surface area contributed by atoms with E-state index in [1.807, 2.05) is 6.20 Å². The molecule has 0 saturated heterocycles. The van der Waals surface area contributed by atoms with Crippen LogP contribution >= 0.6 is 0 Å². The molecule has 3 heteroatoms. The summed E-state index contributed by atoms with van der Waals surface area (Å²) in [5, 5.41) is 10.7. The van der Waals surface area contributed by atoms with E-state index in [-0.39, 0.29) is 0 Å². The van der Waals surface area contributed by atoms with Gasteiger partial charge in [-0.3, -0.25) is 0 Å². The summed E-state index contributed by atoms with van der Waals surface area (Å²) in [4.78, 5) is 0. The molecular weight excluding hydrogens is 150 g/mol. The fraction of sp³-hybridized carbons (Fsp3) is 0.778. The van der Waals surface area contributed by atoms with Gasteiger partial charge in [-0.1, -0.05) is 26.2 Å². The van der Waals surface area contributed by atoms with Crippen molar-refractivity contribution in [1.82, 2.24) is 15.4 Å². The summed E-state index contributed by atoms with van der Waals surface area (Å²) >= 11 is 0. The normalized spacial score (nSPS) is 30.4. The Hall–Kier alpha value is -0.860. The highest BCUT2D eigenvalue weighted by Crippen LogP contribution is 2.35. The first-order valence-electron chi connectivity index (χ1n) is 4.73. The molecule has 0 unspecified atom stereocenters. The second-order valence-corrected chi connectivity index (χ2v) is 3.76. The van der Waals surface area contributed by atoms with E-state index in [1.54, 1.807) is 0 Å². The van der Waals surface area contributed by atoms with Crippen molar-refractivity contribution in [3.8, 4) is 0 Å². The highest BCUT2D eigenvalue weighted by molar-refractivity contribution is 5.03. The zero-order valence-electron chi connectivity index (χ0n) is 7.45. The molecule has 1 heterocycles. The maximum atomic E-state index is 4.15. The number of aromatic nitrogens is 3. The molecule has 0 aliphatic heterocycles. The Balaban J connectivity index is 2.11. The fourth-order valence-corrected chi connectivity index (χ4v) is 2.14. The molecule has 0 bridgehead atoms. The number of hydrogen-bond acceptors (Lipinski definition) is 2. The van der Waals surface area contributed by atoms with E-state index in [2.05, 4.69) is 22.3 Å². The topological polar surface area (TPSA) is 41.6 Å². The third kappa shape index (κ3) is 1.36. The third-order valence-corrected chi connectivity index (χ3v) is 2.93. The van der Waals surface area contributed by atoms with Crippen molar-refractivity contribution in [2.75, 3.05) is 0 Å². The van der Waals surface area contributed by atoms with Gasteiger partial charge in [0.25, 0.3) is 0 Å². The van der Waals surface area contributed by atoms with Gasteiger partial charge >= 0.3 is 0 Å². The largest absolute Gasteiger partial charge is 0.198 e. The lowest BCUT2D eigenvalue weighted by atomic mass is 9.79. The Morgan fingerprint density at radius 3 is 2.92 bits per heavy atom. The van der Waals surface area contributed by atoms with E-state index < -0.39 is 0 Å². The van der Waals surface area contributed by atoms with Crippen LogP contribution in [0.15, 0.2) is 6.20 Å². The molecule has 1 aliphatic carbocycles. The van der Waals surface area contributed by atoms with Gasteiger partial charge in [-0.2, -0.15) is 15.4 Å². The van der Waals surface area contributed by atoms with E-state index in [0.717, 1.165) is 11.6 Å². The molecule has 1 fully saturated rings. The predicted octanol–water partition coefficient (Wildman–Crippen LogP) is 2.10. The van der Waals surface area contributed by atoms with E-state index in [4.69, 9.17) is 0 Å². The van der Waals surface area contributed by atoms with Crippen LogP contribution in [0, 0.1) is 5.92 Å². The van der Waals surface area contributed by atoms with Gasteiger partial charge in [0, 0.05) is 5.92 Å². The minimum atomic E-state index is 0.650. The lowest BCUT2D eigenvalue weighted by Gasteiger charge is -2.26. The maximum absolute atomic E-state index is 4.15. The molecule has 1 aromatic heterocycles. The van der Waals surface area contributed by atoms with Crippen molar-refractivity contribution in [3.05, 3.63) is 11.9 Å². The fourth-order valence-electron chi connectivity index (χ4n) is 2.14. The summed E-state index contributed by atoms with van der Waals surface area (Å²) in [5.41, 5.74) is 1.15. The molecule has 0 radical (unpaired) electrons. The summed E-state index contributed by atoms with van der Waals surface area (Å²) in [5.74, 6) is 1.43. The van der Waals surface area contributed by atoms with Crippen molar-refractivity contribution < 1.29 is 0 Å². The Labute approximate surface area is 72.6 Å². The van der Waals surface area contributed by atoms with E-state index in [0.29, 0.717) is 5.92 Å². The Morgan fingerprint density at radius 1 is 1.42 bits per heavy atom. The van der Waals surface area contributed by atoms with Crippen LogP contribution in [0.2, 0.25) is 0 Å². The van der Waals surface area contributed by atoms with Crippen molar-refractivity contribution in [2.24, 2.45) is 5.92 Å². The van der Waals surface area contributed by atoms with Crippen LogP contribution in [0.5, 0.6) is 0 Å². The van der Waals surface area contributed by atoms with Crippen LogP contribution in [0.25, 0.3) is 0 Å². The third-order valence-electron chi connectivity index (χ3n) is 2.93. The van der Waals surface area contributed by atoms with Crippen LogP contribution in [0.3, 0.4) is 0 Å². The standard InChI is InChI=1S/C9H15N3/c1-7-4-2-3-5-8(7)9-6-10-12-11-9/h6-8H,2-5H2,1H3,(H,10,11,12)/t7-,8+/m1/s1. The molecule has 1 saturated carbocycles. The number of nitrogens with zero attached hydrogens (tertiary/aromatic N) is 2.